The molecule has 0 atom stereocenters. The molecule has 25 heavy (non-hydrogen) atoms. The van der Waals surface area contributed by atoms with Crippen LogP contribution in [0.5, 0.6) is 0 Å². The number of anilines is 3. The number of carbonyl (C=O) groups excluding carboxylic acids is 1. The highest BCUT2D eigenvalue weighted by molar-refractivity contribution is 6.30. The van der Waals surface area contributed by atoms with E-state index in [0.717, 1.165) is 5.69 Å². The minimum atomic E-state index is -0.357. The molecule has 3 rings (SSSR count). The van der Waals surface area contributed by atoms with E-state index < -0.39 is 0 Å². The number of hydrogen-bond acceptors (Lipinski definition) is 5. The summed E-state index contributed by atoms with van der Waals surface area (Å²) in [5.41, 5.74) is 2.05. The predicted molar refractivity (Wildman–Crippen MR) is 95.9 cm³/mol. The summed E-state index contributed by atoms with van der Waals surface area (Å²) in [4.78, 5) is 20.5. The van der Waals surface area contributed by atoms with Gasteiger partial charge in [0.25, 0.3) is 5.91 Å². The van der Waals surface area contributed by atoms with Gasteiger partial charge in [-0.05, 0) is 36.4 Å². The summed E-state index contributed by atoms with van der Waals surface area (Å²) >= 11 is 5.92. The van der Waals surface area contributed by atoms with Crippen molar-refractivity contribution >= 4 is 34.8 Å². The summed E-state index contributed by atoms with van der Waals surface area (Å²) in [5.74, 6) is -0.00492. The summed E-state index contributed by atoms with van der Waals surface area (Å²) in [7, 11) is 0. The van der Waals surface area contributed by atoms with E-state index in [2.05, 4.69) is 20.6 Å². The van der Waals surface area contributed by atoms with Crippen LogP contribution in [0.1, 0.15) is 15.9 Å². The Morgan fingerprint density at radius 2 is 1.76 bits per heavy atom. The Labute approximate surface area is 149 Å². The van der Waals surface area contributed by atoms with E-state index in [-0.39, 0.29) is 5.91 Å². The monoisotopic (exact) mass is 349 g/mol. The van der Waals surface area contributed by atoms with Gasteiger partial charge in [-0.3, -0.25) is 4.79 Å². The van der Waals surface area contributed by atoms with Gasteiger partial charge in [0.2, 0.25) is 5.95 Å². The van der Waals surface area contributed by atoms with Gasteiger partial charge in [0, 0.05) is 28.8 Å². The molecule has 6 nitrogen and oxygen atoms in total. The van der Waals surface area contributed by atoms with Crippen molar-refractivity contribution in [2.45, 2.75) is 0 Å². The lowest BCUT2D eigenvalue weighted by Crippen LogP contribution is -2.13. The van der Waals surface area contributed by atoms with Gasteiger partial charge in [-0.1, -0.05) is 23.7 Å². The second-order valence-corrected chi connectivity index (χ2v) is 5.51. The standard InChI is InChI=1S/C18H12ClN5O/c19-14-4-2-6-16(8-14)24-18-21-10-13(11-22-18)17(25)23-15-5-1-3-12(7-15)9-20/h1-8,10-11H,(H,23,25)(H,21,22,24). The van der Waals surface area contributed by atoms with Crippen LogP contribution in [0.3, 0.4) is 0 Å². The highest BCUT2D eigenvalue weighted by Gasteiger charge is 2.08. The Kier molecular flexibility index (Phi) is 4.88. The average Bonchev–Trinajstić information content (AvgIpc) is 2.62. The summed E-state index contributed by atoms with van der Waals surface area (Å²) in [6, 6.07) is 15.8. The molecule has 0 saturated carbocycles. The molecular weight excluding hydrogens is 338 g/mol. The minimum Gasteiger partial charge on any atom is -0.324 e. The van der Waals surface area contributed by atoms with Crippen LogP contribution in [0.25, 0.3) is 0 Å². The number of amides is 1. The lowest BCUT2D eigenvalue weighted by molar-refractivity contribution is 0.102. The van der Waals surface area contributed by atoms with Crippen molar-refractivity contribution in [3.05, 3.63) is 77.1 Å². The largest absolute Gasteiger partial charge is 0.324 e. The van der Waals surface area contributed by atoms with E-state index in [1.165, 1.54) is 12.4 Å². The molecule has 0 spiro atoms. The molecular formula is C18H12ClN5O. The fourth-order valence-electron chi connectivity index (χ4n) is 2.07. The second-order valence-electron chi connectivity index (χ2n) is 5.08. The maximum atomic E-state index is 12.2. The first-order chi connectivity index (χ1) is 12.1. The zero-order valence-electron chi connectivity index (χ0n) is 12.9. The summed E-state index contributed by atoms with van der Waals surface area (Å²) < 4.78 is 0. The van der Waals surface area contributed by atoms with Crippen molar-refractivity contribution in [3.8, 4) is 6.07 Å². The number of hydrogen-bond donors (Lipinski definition) is 2. The van der Waals surface area contributed by atoms with Crippen LogP contribution in [0.2, 0.25) is 5.02 Å². The lowest BCUT2D eigenvalue weighted by atomic mass is 10.2. The zero-order chi connectivity index (χ0) is 17.6. The number of halogens is 1. The van der Waals surface area contributed by atoms with Gasteiger partial charge in [-0.25, -0.2) is 9.97 Å². The van der Waals surface area contributed by atoms with E-state index in [1.54, 1.807) is 36.4 Å². The van der Waals surface area contributed by atoms with Gasteiger partial charge in [-0.2, -0.15) is 5.26 Å². The number of carbonyl (C=O) groups is 1. The fraction of sp³-hybridized carbons (Fsp3) is 0. The highest BCUT2D eigenvalue weighted by atomic mass is 35.5. The molecule has 3 aromatic rings. The maximum absolute atomic E-state index is 12.2. The van der Waals surface area contributed by atoms with Gasteiger partial charge < -0.3 is 10.6 Å². The van der Waals surface area contributed by atoms with E-state index in [1.807, 2.05) is 18.2 Å². The fourth-order valence-corrected chi connectivity index (χ4v) is 2.27. The summed E-state index contributed by atoms with van der Waals surface area (Å²) in [5, 5.41) is 15.2. The third-order valence-electron chi connectivity index (χ3n) is 3.24. The summed E-state index contributed by atoms with van der Waals surface area (Å²) in [6.07, 6.45) is 2.84. The second kappa shape index (κ2) is 7.43. The number of nitrogens with one attached hydrogen (secondary N) is 2. The van der Waals surface area contributed by atoms with Crippen molar-refractivity contribution in [1.29, 1.82) is 5.26 Å². The van der Waals surface area contributed by atoms with Crippen LogP contribution in [0.15, 0.2) is 60.9 Å². The Morgan fingerprint density at radius 3 is 2.48 bits per heavy atom. The molecule has 1 heterocycles. The minimum absolute atomic E-state index is 0.305. The highest BCUT2D eigenvalue weighted by Crippen LogP contribution is 2.18. The molecule has 0 aliphatic carbocycles. The van der Waals surface area contributed by atoms with Crippen LogP contribution in [-0.4, -0.2) is 15.9 Å². The van der Waals surface area contributed by atoms with Crippen LogP contribution in [0, 0.1) is 11.3 Å². The summed E-state index contributed by atoms with van der Waals surface area (Å²) in [6.45, 7) is 0. The van der Waals surface area contributed by atoms with Crippen LogP contribution < -0.4 is 10.6 Å². The molecule has 1 aromatic heterocycles. The topological polar surface area (TPSA) is 90.7 Å². The third-order valence-corrected chi connectivity index (χ3v) is 3.48. The maximum Gasteiger partial charge on any atom is 0.258 e. The quantitative estimate of drug-likeness (QED) is 0.743. The predicted octanol–water partition coefficient (Wildman–Crippen LogP) is 4.00. The molecule has 0 aliphatic rings. The normalized spacial score (nSPS) is 9.92. The first-order valence-corrected chi connectivity index (χ1v) is 7.68. The molecule has 0 bridgehead atoms. The van der Waals surface area contributed by atoms with Crippen LogP contribution in [0.4, 0.5) is 17.3 Å². The SMILES string of the molecule is N#Cc1cccc(NC(=O)c2cnc(Nc3cccc(Cl)c3)nc2)c1. The average molecular weight is 350 g/mol. The molecule has 1 amide bonds. The lowest BCUT2D eigenvalue weighted by Gasteiger charge is -2.07. The van der Waals surface area contributed by atoms with Crippen LogP contribution >= 0.6 is 11.6 Å². The molecule has 0 saturated heterocycles. The van der Waals surface area contributed by atoms with Crippen molar-refractivity contribution in [1.82, 2.24) is 9.97 Å². The number of rotatable bonds is 4. The molecule has 7 heteroatoms. The van der Waals surface area contributed by atoms with Gasteiger partial charge in [-0.15, -0.1) is 0 Å². The number of nitrogens with zero attached hydrogens (tertiary/aromatic N) is 3. The Bertz CT molecular complexity index is 950. The van der Waals surface area contributed by atoms with E-state index >= 15 is 0 Å². The van der Waals surface area contributed by atoms with Crippen molar-refractivity contribution in [2.75, 3.05) is 10.6 Å². The molecule has 0 radical (unpaired) electrons. The van der Waals surface area contributed by atoms with Gasteiger partial charge in [0.15, 0.2) is 0 Å². The molecule has 0 unspecified atom stereocenters. The van der Waals surface area contributed by atoms with Gasteiger partial charge in [0.05, 0.1) is 17.2 Å². The number of nitriles is 1. The Morgan fingerprint density at radius 1 is 1.04 bits per heavy atom. The first kappa shape index (κ1) is 16.4. The number of aromatic nitrogens is 2. The van der Waals surface area contributed by atoms with Crippen molar-refractivity contribution in [2.24, 2.45) is 0 Å². The van der Waals surface area contributed by atoms with Gasteiger partial charge >= 0.3 is 0 Å². The smallest absolute Gasteiger partial charge is 0.258 e. The zero-order valence-corrected chi connectivity index (χ0v) is 13.7. The van der Waals surface area contributed by atoms with E-state index in [0.29, 0.717) is 27.8 Å². The molecule has 2 aromatic carbocycles. The van der Waals surface area contributed by atoms with Crippen molar-refractivity contribution < 1.29 is 4.79 Å². The van der Waals surface area contributed by atoms with E-state index in [9.17, 15) is 4.79 Å². The molecule has 122 valence electrons. The van der Waals surface area contributed by atoms with E-state index in [4.69, 9.17) is 16.9 Å². The first-order valence-electron chi connectivity index (χ1n) is 7.30. The molecule has 0 fully saturated rings. The number of benzene rings is 2. The Hall–Kier alpha value is -3.43. The molecule has 0 aliphatic heterocycles. The molecule has 2 N–H and O–H groups in total. The van der Waals surface area contributed by atoms with Crippen LogP contribution in [-0.2, 0) is 0 Å². The van der Waals surface area contributed by atoms with Crippen molar-refractivity contribution in [3.63, 3.8) is 0 Å². The Balaban J connectivity index is 1.69. The third kappa shape index (κ3) is 4.31. The van der Waals surface area contributed by atoms with Gasteiger partial charge in [0.1, 0.15) is 0 Å².